The van der Waals surface area contributed by atoms with E-state index in [0.717, 1.165) is 0 Å². The quantitative estimate of drug-likeness (QED) is 0.714. The molecule has 19 heavy (non-hydrogen) atoms. The number of likely N-dealkylation sites (tertiary alicyclic amines) is 1. The first kappa shape index (κ1) is 15.3. The highest BCUT2D eigenvalue weighted by Crippen LogP contribution is 2.27. The van der Waals surface area contributed by atoms with Crippen molar-refractivity contribution in [2.75, 3.05) is 6.61 Å². The number of nitrogens with zero attached hydrogens (tertiary/aromatic N) is 2. The average molecular weight is 268 g/mol. The van der Waals surface area contributed by atoms with Gasteiger partial charge < -0.3 is 9.47 Å². The van der Waals surface area contributed by atoms with Crippen molar-refractivity contribution < 1.29 is 19.1 Å². The number of rotatable bonds is 2. The molecule has 1 heterocycles. The minimum absolute atomic E-state index is 0.245. The predicted octanol–water partition coefficient (Wildman–Crippen LogP) is 1.84. The molecule has 0 aromatic carbocycles. The molecule has 0 radical (unpaired) electrons. The molecule has 106 valence electrons. The summed E-state index contributed by atoms with van der Waals surface area (Å²) in [6.07, 6.45) is 0.241. The Kier molecular flexibility index (Phi) is 4.76. The summed E-state index contributed by atoms with van der Waals surface area (Å²) in [5.41, 5.74) is -0.668. The van der Waals surface area contributed by atoms with E-state index >= 15 is 0 Å². The van der Waals surface area contributed by atoms with Crippen LogP contribution in [0.3, 0.4) is 0 Å². The van der Waals surface area contributed by atoms with Gasteiger partial charge >= 0.3 is 12.1 Å². The third-order valence-electron chi connectivity index (χ3n) is 2.70. The van der Waals surface area contributed by atoms with Gasteiger partial charge in [0.1, 0.15) is 17.7 Å². The molecule has 1 aliphatic heterocycles. The number of amides is 1. The summed E-state index contributed by atoms with van der Waals surface area (Å²) in [5, 5.41) is 9.06. The van der Waals surface area contributed by atoms with E-state index in [0.29, 0.717) is 12.8 Å². The maximum Gasteiger partial charge on any atom is 0.412 e. The zero-order chi connectivity index (χ0) is 14.6. The van der Waals surface area contributed by atoms with Gasteiger partial charge in [-0.05, 0) is 40.5 Å². The molecule has 1 fully saturated rings. The monoisotopic (exact) mass is 268 g/mol. The van der Waals surface area contributed by atoms with Crippen molar-refractivity contribution in [3.63, 3.8) is 0 Å². The van der Waals surface area contributed by atoms with Crippen molar-refractivity contribution in [1.82, 2.24) is 4.90 Å². The SMILES string of the molecule is CCOC(=O)[C@@H]1CC[C@@H](C#N)N1C(=O)OC(C)(C)C. The van der Waals surface area contributed by atoms with Crippen LogP contribution in [0.2, 0.25) is 0 Å². The summed E-state index contributed by atoms with van der Waals surface area (Å²) in [7, 11) is 0. The highest BCUT2D eigenvalue weighted by atomic mass is 16.6. The number of nitriles is 1. The summed E-state index contributed by atoms with van der Waals surface area (Å²) in [4.78, 5) is 25.1. The smallest absolute Gasteiger partial charge is 0.412 e. The number of esters is 1. The number of carbonyl (C=O) groups excluding carboxylic acids is 2. The van der Waals surface area contributed by atoms with E-state index < -0.39 is 29.7 Å². The Morgan fingerprint density at radius 3 is 2.47 bits per heavy atom. The Morgan fingerprint density at radius 2 is 2.00 bits per heavy atom. The van der Waals surface area contributed by atoms with Gasteiger partial charge in [-0.25, -0.2) is 9.59 Å². The Morgan fingerprint density at radius 1 is 1.37 bits per heavy atom. The van der Waals surface area contributed by atoms with Crippen molar-refractivity contribution in [2.45, 2.75) is 58.2 Å². The second-order valence-electron chi connectivity index (χ2n) is 5.38. The largest absolute Gasteiger partial charge is 0.464 e. The Hall–Kier alpha value is -1.77. The molecule has 0 unspecified atom stereocenters. The lowest BCUT2D eigenvalue weighted by molar-refractivity contribution is -0.148. The van der Waals surface area contributed by atoms with Gasteiger partial charge in [-0.1, -0.05) is 0 Å². The van der Waals surface area contributed by atoms with E-state index in [4.69, 9.17) is 14.7 Å². The van der Waals surface area contributed by atoms with Gasteiger partial charge in [0.05, 0.1) is 12.7 Å². The van der Waals surface area contributed by atoms with Crippen molar-refractivity contribution in [2.24, 2.45) is 0 Å². The van der Waals surface area contributed by atoms with Crippen LogP contribution in [0, 0.1) is 11.3 Å². The van der Waals surface area contributed by atoms with E-state index in [9.17, 15) is 9.59 Å². The van der Waals surface area contributed by atoms with Crippen molar-refractivity contribution >= 4 is 12.1 Å². The molecule has 0 saturated carbocycles. The fourth-order valence-corrected chi connectivity index (χ4v) is 1.98. The lowest BCUT2D eigenvalue weighted by Gasteiger charge is -2.29. The highest BCUT2D eigenvalue weighted by Gasteiger charge is 2.43. The average Bonchev–Trinajstić information content (AvgIpc) is 2.70. The number of hydrogen-bond acceptors (Lipinski definition) is 5. The van der Waals surface area contributed by atoms with E-state index in [2.05, 4.69) is 0 Å². The van der Waals surface area contributed by atoms with Crippen LogP contribution in [0.5, 0.6) is 0 Å². The molecule has 0 aliphatic carbocycles. The van der Waals surface area contributed by atoms with Crippen LogP contribution in [-0.2, 0) is 14.3 Å². The van der Waals surface area contributed by atoms with Crippen LogP contribution in [0.4, 0.5) is 4.79 Å². The Bertz CT molecular complexity index is 394. The number of carbonyl (C=O) groups is 2. The van der Waals surface area contributed by atoms with Crippen LogP contribution < -0.4 is 0 Å². The second-order valence-corrected chi connectivity index (χ2v) is 5.38. The fourth-order valence-electron chi connectivity index (χ4n) is 1.98. The summed E-state index contributed by atoms with van der Waals surface area (Å²) in [6, 6.07) is 0.667. The minimum Gasteiger partial charge on any atom is -0.464 e. The normalized spacial score (nSPS) is 22.8. The molecule has 0 N–H and O–H groups in total. The first-order valence-corrected chi connectivity index (χ1v) is 6.37. The van der Waals surface area contributed by atoms with Crippen LogP contribution in [0.1, 0.15) is 40.5 Å². The van der Waals surface area contributed by atoms with Gasteiger partial charge in [0.2, 0.25) is 0 Å². The van der Waals surface area contributed by atoms with Crippen molar-refractivity contribution in [1.29, 1.82) is 5.26 Å². The van der Waals surface area contributed by atoms with Gasteiger partial charge in [-0.15, -0.1) is 0 Å². The number of ether oxygens (including phenoxy) is 2. The first-order chi connectivity index (χ1) is 8.80. The van der Waals surface area contributed by atoms with Crippen molar-refractivity contribution in [3.05, 3.63) is 0 Å². The van der Waals surface area contributed by atoms with Gasteiger partial charge in [0, 0.05) is 0 Å². The molecule has 0 spiro atoms. The number of hydrogen-bond donors (Lipinski definition) is 0. The molecule has 1 rings (SSSR count). The maximum atomic E-state index is 12.1. The minimum atomic E-state index is -0.723. The molecule has 0 bridgehead atoms. The lowest BCUT2D eigenvalue weighted by atomic mass is 10.2. The molecule has 6 heteroatoms. The summed E-state index contributed by atoms with van der Waals surface area (Å²) in [6.45, 7) is 7.16. The van der Waals surface area contributed by atoms with Gasteiger partial charge in [-0.3, -0.25) is 4.90 Å². The predicted molar refractivity (Wildman–Crippen MR) is 67.1 cm³/mol. The van der Waals surface area contributed by atoms with E-state index in [1.165, 1.54) is 4.90 Å². The molecule has 2 atom stereocenters. The molecule has 6 nitrogen and oxygen atoms in total. The topological polar surface area (TPSA) is 79.6 Å². The molecular weight excluding hydrogens is 248 g/mol. The lowest BCUT2D eigenvalue weighted by Crippen LogP contribution is -2.47. The molecule has 0 aromatic rings. The van der Waals surface area contributed by atoms with Crippen LogP contribution in [-0.4, -0.2) is 41.3 Å². The summed E-state index contributed by atoms with van der Waals surface area (Å²) < 4.78 is 10.2. The molecular formula is C13H20N2O4. The van der Waals surface area contributed by atoms with Crippen LogP contribution in [0.25, 0.3) is 0 Å². The standard InChI is InChI=1S/C13H20N2O4/c1-5-18-11(16)10-7-6-9(8-14)15(10)12(17)19-13(2,3)4/h9-10H,5-7H2,1-4H3/t9-,10-/m0/s1. The summed E-state index contributed by atoms with van der Waals surface area (Å²) in [5.74, 6) is -0.480. The van der Waals surface area contributed by atoms with Crippen LogP contribution in [0.15, 0.2) is 0 Å². The van der Waals surface area contributed by atoms with Crippen molar-refractivity contribution in [3.8, 4) is 6.07 Å². The zero-order valence-electron chi connectivity index (χ0n) is 11.8. The molecule has 1 aliphatic rings. The highest BCUT2D eigenvalue weighted by molar-refractivity contribution is 5.82. The Labute approximate surface area is 113 Å². The third kappa shape index (κ3) is 3.85. The van der Waals surface area contributed by atoms with Crippen LogP contribution >= 0.6 is 0 Å². The van der Waals surface area contributed by atoms with Gasteiger partial charge in [0.15, 0.2) is 0 Å². The van der Waals surface area contributed by atoms with E-state index in [1.807, 2.05) is 6.07 Å². The molecule has 1 amide bonds. The first-order valence-electron chi connectivity index (χ1n) is 6.37. The van der Waals surface area contributed by atoms with Gasteiger partial charge in [0.25, 0.3) is 0 Å². The maximum absolute atomic E-state index is 12.1. The van der Waals surface area contributed by atoms with E-state index in [-0.39, 0.29) is 6.61 Å². The van der Waals surface area contributed by atoms with Gasteiger partial charge in [-0.2, -0.15) is 5.26 Å². The fraction of sp³-hybridized carbons (Fsp3) is 0.769. The summed E-state index contributed by atoms with van der Waals surface area (Å²) >= 11 is 0. The van der Waals surface area contributed by atoms with E-state index in [1.54, 1.807) is 27.7 Å². The molecule has 1 saturated heterocycles. The Balaban J connectivity index is 2.86. The molecule has 0 aromatic heterocycles. The zero-order valence-corrected chi connectivity index (χ0v) is 11.8. The third-order valence-corrected chi connectivity index (χ3v) is 2.70. The second kappa shape index (κ2) is 5.91.